The molecule has 0 aliphatic heterocycles. The number of benzene rings is 3. The standard InChI is InChI=1S/C33H30BrN3O5S/c1-3-4-9-25-19-27-22(2)18-29(33(39)40)35-32(27)36(25)20-23-14-16-24(17-15-23)26-10-5-7-12-30(26)37(21-38)43(41,42)31-13-8-6-11-28(31)34/h5-8,10-19,21H,3-4,9,20H2,1-2H3,(H,39,40). The van der Waals surface area contributed by atoms with Crippen LogP contribution in [-0.2, 0) is 27.8 Å². The second-order valence-corrected chi connectivity index (χ2v) is 12.9. The normalized spacial score (nSPS) is 11.5. The number of unbranched alkanes of at least 4 members (excludes halogenated alkanes) is 1. The van der Waals surface area contributed by atoms with Crippen LogP contribution in [0.15, 0.2) is 94.3 Å². The largest absolute Gasteiger partial charge is 0.477 e. The summed E-state index contributed by atoms with van der Waals surface area (Å²) in [4.78, 5) is 28.4. The molecule has 220 valence electrons. The van der Waals surface area contributed by atoms with E-state index in [9.17, 15) is 23.1 Å². The molecular weight excluding hydrogens is 630 g/mol. The molecule has 3 aromatic carbocycles. The molecule has 0 unspecified atom stereocenters. The first-order valence-corrected chi connectivity index (χ1v) is 16.0. The Balaban J connectivity index is 1.52. The summed E-state index contributed by atoms with van der Waals surface area (Å²) in [6.07, 6.45) is 3.18. The fourth-order valence-corrected chi connectivity index (χ4v) is 7.37. The minimum atomic E-state index is -4.19. The Bertz CT molecular complexity index is 1930. The molecule has 5 aromatic rings. The monoisotopic (exact) mass is 659 g/mol. The summed E-state index contributed by atoms with van der Waals surface area (Å²) in [7, 11) is -4.19. The maximum atomic E-state index is 13.5. The summed E-state index contributed by atoms with van der Waals surface area (Å²) in [5.74, 6) is -1.07. The number of halogens is 1. The minimum Gasteiger partial charge on any atom is -0.477 e. The van der Waals surface area contributed by atoms with Crippen LogP contribution in [0.1, 0.15) is 47.1 Å². The summed E-state index contributed by atoms with van der Waals surface area (Å²) >= 11 is 3.29. The number of nitrogens with zero attached hydrogens (tertiary/aromatic N) is 3. The molecule has 10 heteroatoms. The van der Waals surface area contributed by atoms with Crippen LogP contribution in [0.5, 0.6) is 0 Å². The van der Waals surface area contributed by atoms with Crippen LogP contribution in [0.3, 0.4) is 0 Å². The number of anilines is 1. The van der Waals surface area contributed by atoms with Crippen molar-refractivity contribution in [2.75, 3.05) is 4.31 Å². The fourth-order valence-electron chi connectivity index (χ4n) is 5.17. The Morgan fingerprint density at radius 3 is 2.40 bits per heavy atom. The number of hydrogen-bond acceptors (Lipinski definition) is 5. The molecule has 0 spiro atoms. The molecule has 0 saturated carbocycles. The smallest absolute Gasteiger partial charge is 0.354 e. The van der Waals surface area contributed by atoms with Crippen molar-refractivity contribution < 1.29 is 23.1 Å². The van der Waals surface area contributed by atoms with Gasteiger partial charge in [0.2, 0.25) is 6.41 Å². The molecular formula is C33H30BrN3O5S. The Hall–Kier alpha value is -4.28. The van der Waals surface area contributed by atoms with Crippen molar-refractivity contribution in [3.8, 4) is 11.1 Å². The molecule has 0 aliphatic carbocycles. The molecule has 5 rings (SSSR count). The topological polar surface area (TPSA) is 110 Å². The van der Waals surface area contributed by atoms with E-state index in [-0.39, 0.29) is 16.3 Å². The second kappa shape index (κ2) is 12.5. The summed E-state index contributed by atoms with van der Waals surface area (Å²) < 4.78 is 30.2. The maximum Gasteiger partial charge on any atom is 0.354 e. The van der Waals surface area contributed by atoms with Crippen molar-refractivity contribution in [3.05, 3.63) is 112 Å². The number of rotatable bonds is 11. The zero-order chi connectivity index (χ0) is 30.7. The van der Waals surface area contributed by atoms with E-state index in [0.29, 0.717) is 28.6 Å². The Morgan fingerprint density at radius 2 is 1.72 bits per heavy atom. The number of para-hydroxylation sites is 1. The maximum absolute atomic E-state index is 13.5. The van der Waals surface area contributed by atoms with Gasteiger partial charge in [-0.1, -0.05) is 67.9 Å². The number of fused-ring (bicyclic) bond motifs is 1. The van der Waals surface area contributed by atoms with Crippen molar-refractivity contribution in [1.29, 1.82) is 0 Å². The predicted octanol–water partition coefficient (Wildman–Crippen LogP) is 7.22. The highest BCUT2D eigenvalue weighted by Gasteiger charge is 2.28. The van der Waals surface area contributed by atoms with Gasteiger partial charge in [0.1, 0.15) is 10.5 Å². The van der Waals surface area contributed by atoms with Crippen molar-refractivity contribution in [2.24, 2.45) is 0 Å². The molecule has 1 N–H and O–H groups in total. The third kappa shape index (κ3) is 5.98. The first-order chi connectivity index (χ1) is 20.6. The van der Waals surface area contributed by atoms with Gasteiger partial charge in [-0.25, -0.2) is 22.5 Å². The molecule has 0 aliphatic rings. The predicted molar refractivity (Wildman–Crippen MR) is 171 cm³/mol. The summed E-state index contributed by atoms with van der Waals surface area (Å²) in [6.45, 7) is 4.51. The van der Waals surface area contributed by atoms with E-state index in [1.165, 1.54) is 6.07 Å². The second-order valence-electron chi connectivity index (χ2n) is 10.2. The van der Waals surface area contributed by atoms with Crippen molar-refractivity contribution in [2.45, 2.75) is 44.6 Å². The van der Waals surface area contributed by atoms with Crippen molar-refractivity contribution in [1.82, 2.24) is 9.55 Å². The first kappa shape index (κ1) is 30.2. The van der Waals surface area contributed by atoms with Gasteiger partial charge in [0.05, 0.1) is 5.69 Å². The van der Waals surface area contributed by atoms with Gasteiger partial charge in [-0.3, -0.25) is 4.79 Å². The highest BCUT2D eigenvalue weighted by atomic mass is 79.9. The van der Waals surface area contributed by atoms with Gasteiger partial charge in [-0.15, -0.1) is 0 Å². The molecule has 0 saturated heterocycles. The SMILES string of the molecule is CCCCc1cc2c(C)cc(C(=O)O)nc2n1Cc1ccc(-c2ccccc2N(C=O)S(=O)(=O)c2ccccc2Br)cc1. The Morgan fingerprint density at radius 1 is 1.02 bits per heavy atom. The van der Waals surface area contributed by atoms with Crippen LogP contribution >= 0.6 is 15.9 Å². The van der Waals surface area contributed by atoms with Crippen molar-refractivity contribution in [3.63, 3.8) is 0 Å². The number of aryl methyl sites for hydroxylation is 2. The van der Waals surface area contributed by atoms with Gasteiger partial charge in [0, 0.05) is 27.7 Å². The highest BCUT2D eigenvalue weighted by Crippen LogP contribution is 2.35. The average molecular weight is 661 g/mol. The third-order valence-electron chi connectivity index (χ3n) is 7.38. The van der Waals surface area contributed by atoms with E-state index in [4.69, 9.17) is 0 Å². The third-order valence-corrected chi connectivity index (χ3v) is 10.0. The zero-order valence-electron chi connectivity index (χ0n) is 23.7. The number of amides is 1. The molecule has 1 amide bonds. The van der Waals surface area contributed by atoms with Crippen LogP contribution in [0.2, 0.25) is 0 Å². The lowest BCUT2D eigenvalue weighted by molar-refractivity contribution is -0.106. The molecule has 43 heavy (non-hydrogen) atoms. The quantitative estimate of drug-likeness (QED) is 0.150. The molecule has 0 fully saturated rings. The van der Waals surface area contributed by atoms with Crippen LogP contribution in [-0.4, -0.2) is 35.5 Å². The van der Waals surface area contributed by atoms with Gasteiger partial charge in [0.15, 0.2) is 5.69 Å². The van der Waals surface area contributed by atoms with Crippen LogP contribution in [0.4, 0.5) is 5.69 Å². The van der Waals surface area contributed by atoms with Gasteiger partial charge in [-0.2, -0.15) is 0 Å². The number of carboxylic acid groups (broad SMARTS) is 1. The van der Waals surface area contributed by atoms with E-state index in [0.717, 1.165) is 51.3 Å². The van der Waals surface area contributed by atoms with Gasteiger partial charge < -0.3 is 9.67 Å². The number of sulfonamides is 1. The van der Waals surface area contributed by atoms with E-state index >= 15 is 0 Å². The van der Waals surface area contributed by atoms with Gasteiger partial charge in [-0.05, 0) is 82.7 Å². The molecule has 0 bridgehead atoms. The number of aromatic nitrogens is 2. The van der Waals surface area contributed by atoms with Gasteiger partial charge >= 0.3 is 5.97 Å². The number of carbonyl (C=O) groups excluding carboxylic acids is 1. The molecule has 2 heterocycles. The van der Waals surface area contributed by atoms with E-state index in [1.807, 2.05) is 31.2 Å². The van der Waals surface area contributed by atoms with Crippen LogP contribution in [0, 0.1) is 6.92 Å². The van der Waals surface area contributed by atoms with E-state index in [2.05, 4.69) is 38.5 Å². The number of carbonyl (C=O) groups is 2. The van der Waals surface area contributed by atoms with Crippen LogP contribution < -0.4 is 4.31 Å². The molecule has 8 nitrogen and oxygen atoms in total. The lowest BCUT2D eigenvalue weighted by Crippen LogP contribution is -2.30. The lowest BCUT2D eigenvalue weighted by atomic mass is 10.0. The molecule has 2 aromatic heterocycles. The highest BCUT2D eigenvalue weighted by molar-refractivity contribution is 9.10. The first-order valence-electron chi connectivity index (χ1n) is 13.8. The summed E-state index contributed by atoms with van der Waals surface area (Å²) in [5, 5.41) is 10.5. The Kier molecular flexibility index (Phi) is 8.79. The number of pyridine rings is 1. The summed E-state index contributed by atoms with van der Waals surface area (Å²) in [5.41, 5.74) is 5.11. The average Bonchev–Trinajstić information content (AvgIpc) is 3.34. The van der Waals surface area contributed by atoms with Crippen LogP contribution in [0.25, 0.3) is 22.2 Å². The van der Waals surface area contributed by atoms with E-state index in [1.54, 1.807) is 48.5 Å². The number of hydrogen-bond donors (Lipinski definition) is 1. The number of aromatic carboxylic acids is 1. The zero-order valence-corrected chi connectivity index (χ0v) is 26.1. The lowest BCUT2D eigenvalue weighted by Gasteiger charge is -2.21. The molecule has 0 radical (unpaired) electrons. The minimum absolute atomic E-state index is 0.00978. The Labute approximate surface area is 258 Å². The van der Waals surface area contributed by atoms with Gasteiger partial charge in [0.25, 0.3) is 10.0 Å². The fraction of sp³-hybridized carbons (Fsp3) is 0.182. The summed E-state index contributed by atoms with van der Waals surface area (Å²) in [6, 6.07) is 24.6. The number of carboxylic acids is 1. The van der Waals surface area contributed by atoms with Crippen molar-refractivity contribution >= 4 is 55.1 Å². The molecule has 0 atom stereocenters. The van der Waals surface area contributed by atoms with E-state index < -0.39 is 16.0 Å².